The lowest BCUT2D eigenvalue weighted by Crippen LogP contribution is -2.15. The molecule has 0 unspecified atom stereocenters. The molecular formula is C29H35NO7S. The standard InChI is InChI=1S/C29H35NO7S/c1-29(2,3)21-11-13-22(14-12-21)38(31,32)30-23-15-19(16-24(33-4)27(23)36-7)9-10-20-17-25(34-5)28(37-8)26(18-20)35-6/h9-18,30H,1-8H3. The van der Waals surface area contributed by atoms with Crippen molar-refractivity contribution in [2.45, 2.75) is 31.1 Å². The van der Waals surface area contributed by atoms with Crippen LogP contribution in [0.25, 0.3) is 12.2 Å². The van der Waals surface area contributed by atoms with Gasteiger partial charge in [-0.2, -0.15) is 0 Å². The molecule has 0 aliphatic heterocycles. The number of rotatable bonds is 10. The van der Waals surface area contributed by atoms with Crippen molar-refractivity contribution in [2.24, 2.45) is 0 Å². The average molecular weight is 542 g/mol. The molecule has 0 radical (unpaired) electrons. The van der Waals surface area contributed by atoms with Gasteiger partial charge in [-0.05, 0) is 58.5 Å². The van der Waals surface area contributed by atoms with Crippen molar-refractivity contribution in [1.29, 1.82) is 0 Å². The molecule has 0 heterocycles. The highest BCUT2D eigenvalue weighted by atomic mass is 32.2. The van der Waals surface area contributed by atoms with Gasteiger partial charge in [0.15, 0.2) is 23.0 Å². The van der Waals surface area contributed by atoms with Gasteiger partial charge in [0.1, 0.15) is 0 Å². The second-order valence-electron chi connectivity index (χ2n) is 9.48. The number of ether oxygens (including phenoxy) is 5. The van der Waals surface area contributed by atoms with Crippen LogP contribution in [0.5, 0.6) is 28.7 Å². The van der Waals surface area contributed by atoms with E-state index in [-0.39, 0.29) is 21.7 Å². The van der Waals surface area contributed by atoms with Crippen LogP contribution >= 0.6 is 0 Å². The molecule has 38 heavy (non-hydrogen) atoms. The van der Waals surface area contributed by atoms with Gasteiger partial charge >= 0.3 is 0 Å². The van der Waals surface area contributed by atoms with E-state index in [0.29, 0.717) is 28.6 Å². The molecule has 0 atom stereocenters. The fraction of sp³-hybridized carbons (Fsp3) is 0.310. The van der Waals surface area contributed by atoms with E-state index < -0.39 is 10.0 Å². The zero-order valence-electron chi connectivity index (χ0n) is 23.0. The minimum atomic E-state index is -3.90. The first-order chi connectivity index (χ1) is 18.0. The summed E-state index contributed by atoms with van der Waals surface area (Å²) < 4.78 is 56.4. The minimum absolute atomic E-state index is 0.0924. The molecule has 0 amide bonds. The molecule has 0 aromatic heterocycles. The summed E-state index contributed by atoms with van der Waals surface area (Å²) in [5, 5.41) is 0. The van der Waals surface area contributed by atoms with E-state index in [4.69, 9.17) is 23.7 Å². The lowest BCUT2D eigenvalue weighted by molar-refractivity contribution is 0.324. The van der Waals surface area contributed by atoms with Crippen LogP contribution in [0.15, 0.2) is 53.4 Å². The van der Waals surface area contributed by atoms with E-state index in [2.05, 4.69) is 25.5 Å². The van der Waals surface area contributed by atoms with Crippen LogP contribution in [0, 0.1) is 0 Å². The second kappa shape index (κ2) is 11.7. The van der Waals surface area contributed by atoms with Crippen LogP contribution in [-0.4, -0.2) is 44.0 Å². The minimum Gasteiger partial charge on any atom is -0.493 e. The molecule has 0 saturated carbocycles. The Kier molecular flexibility index (Phi) is 8.83. The highest BCUT2D eigenvalue weighted by Gasteiger charge is 2.21. The van der Waals surface area contributed by atoms with Gasteiger partial charge in [-0.1, -0.05) is 45.1 Å². The Morgan fingerprint density at radius 3 is 1.53 bits per heavy atom. The maximum Gasteiger partial charge on any atom is 0.262 e. The van der Waals surface area contributed by atoms with E-state index in [9.17, 15) is 8.42 Å². The quantitative estimate of drug-likeness (QED) is 0.315. The van der Waals surface area contributed by atoms with E-state index in [0.717, 1.165) is 11.1 Å². The van der Waals surface area contributed by atoms with E-state index >= 15 is 0 Å². The van der Waals surface area contributed by atoms with Gasteiger partial charge in [0.25, 0.3) is 10.0 Å². The van der Waals surface area contributed by atoms with Crippen LogP contribution in [0.4, 0.5) is 5.69 Å². The summed E-state index contributed by atoms with van der Waals surface area (Å²) in [7, 11) is 3.69. The number of benzene rings is 3. The Labute approximate surface area is 225 Å². The number of hydrogen-bond acceptors (Lipinski definition) is 7. The SMILES string of the molecule is COc1cc(C=Cc2cc(OC)c(OC)c(OC)c2)cc(NS(=O)(=O)c2ccc(C(C)(C)C)cc2)c1OC. The predicted octanol–water partition coefficient (Wildman–Crippen LogP) is 6.00. The van der Waals surface area contributed by atoms with E-state index in [1.807, 2.05) is 36.4 Å². The van der Waals surface area contributed by atoms with E-state index in [1.54, 1.807) is 45.6 Å². The maximum absolute atomic E-state index is 13.3. The average Bonchev–Trinajstić information content (AvgIpc) is 2.90. The highest BCUT2D eigenvalue weighted by molar-refractivity contribution is 7.92. The third kappa shape index (κ3) is 6.34. The summed E-state index contributed by atoms with van der Waals surface area (Å²) in [6.07, 6.45) is 3.66. The third-order valence-electron chi connectivity index (χ3n) is 5.93. The molecule has 204 valence electrons. The summed E-state index contributed by atoms with van der Waals surface area (Å²) in [6, 6.07) is 13.9. The summed E-state index contributed by atoms with van der Waals surface area (Å²) in [5.41, 5.74) is 2.66. The fourth-order valence-corrected chi connectivity index (χ4v) is 4.94. The lowest BCUT2D eigenvalue weighted by Gasteiger charge is -2.19. The fourth-order valence-electron chi connectivity index (χ4n) is 3.89. The van der Waals surface area contributed by atoms with Crippen LogP contribution in [0.3, 0.4) is 0 Å². The summed E-state index contributed by atoms with van der Waals surface area (Å²) in [6.45, 7) is 6.22. The van der Waals surface area contributed by atoms with Crippen LogP contribution in [0.1, 0.15) is 37.5 Å². The molecule has 0 aliphatic carbocycles. The Morgan fingerprint density at radius 1 is 0.658 bits per heavy atom. The van der Waals surface area contributed by atoms with Crippen LogP contribution < -0.4 is 28.4 Å². The summed E-state index contributed by atoms with van der Waals surface area (Å²) >= 11 is 0. The number of anilines is 1. The Bertz CT molecular complexity index is 1380. The Hall–Kier alpha value is -3.85. The number of methoxy groups -OCH3 is 5. The smallest absolute Gasteiger partial charge is 0.262 e. The topological polar surface area (TPSA) is 92.3 Å². The lowest BCUT2D eigenvalue weighted by atomic mass is 9.87. The molecule has 8 nitrogen and oxygen atoms in total. The van der Waals surface area contributed by atoms with Gasteiger partial charge in [-0.3, -0.25) is 4.72 Å². The van der Waals surface area contributed by atoms with Gasteiger partial charge in [-0.25, -0.2) is 8.42 Å². The molecule has 1 N–H and O–H groups in total. The van der Waals surface area contributed by atoms with Crippen molar-refractivity contribution >= 4 is 27.9 Å². The van der Waals surface area contributed by atoms with Gasteiger partial charge in [0.05, 0.1) is 46.1 Å². The molecule has 0 bridgehead atoms. The van der Waals surface area contributed by atoms with Crippen molar-refractivity contribution in [2.75, 3.05) is 40.3 Å². The molecule has 3 aromatic carbocycles. The van der Waals surface area contributed by atoms with Crippen molar-refractivity contribution in [3.05, 3.63) is 65.2 Å². The van der Waals surface area contributed by atoms with Gasteiger partial charge in [0, 0.05) is 0 Å². The normalized spacial score (nSPS) is 11.8. The molecule has 0 aliphatic rings. The number of nitrogens with one attached hydrogen (secondary N) is 1. The monoisotopic (exact) mass is 541 g/mol. The maximum atomic E-state index is 13.3. The summed E-state index contributed by atoms with van der Waals surface area (Å²) in [4.78, 5) is 0.143. The van der Waals surface area contributed by atoms with Crippen molar-refractivity contribution in [3.63, 3.8) is 0 Å². The zero-order chi connectivity index (χ0) is 28.1. The first-order valence-electron chi connectivity index (χ1n) is 11.8. The predicted molar refractivity (Wildman–Crippen MR) is 151 cm³/mol. The number of hydrogen-bond donors (Lipinski definition) is 1. The van der Waals surface area contributed by atoms with Gasteiger partial charge in [-0.15, -0.1) is 0 Å². The molecule has 3 aromatic rings. The van der Waals surface area contributed by atoms with Crippen molar-refractivity contribution in [3.8, 4) is 28.7 Å². The molecular weight excluding hydrogens is 506 g/mol. The molecule has 9 heteroatoms. The molecule has 0 saturated heterocycles. The Balaban J connectivity index is 2.01. The first kappa shape index (κ1) is 28.7. The molecule has 3 rings (SSSR count). The third-order valence-corrected chi connectivity index (χ3v) is 7.31. The van der Waals surface area contributed by atoms with Crippen molar-refractivity contribution < 1.29 is 32.1 Å². The summed E-state index contributed by atoms with van der Waals surface area (Å²) in [5.74, 6) is 2.17. The van der Waals surface area contributed by atoms with Gasteiger partial charge in [0.2, 0.25) is 5.75 Å². The second-order valence-corrected chi connectivity index (χ2v) is 11.2. The first-order valence-corrected chi connectivity index (χ1v) is 13.3. The molecule has 0 spiro atoms. The van der Waals surface area contributed by atoms with E-state index in [1.165, 1.54) is 14.2 Å². The van der Waals surface area contributed by atoms with Crippen molar-refractivity contribution in [1.82, 2.24) is 0 Å². The highest BCUT2D eigenvalue weighted by Crippen LogP contribution is 2.40. The largest absolute Gasteiger partial charge is 0.493 e. The van der Waals surface area contributed by atoms with Gasteiger partial charge < -0.3 is 23.7 Å². The molecule has 0 fully saturated rings. The van der Waals surface area contributed by atoms with Crippen LogP contribution in [-0.2, 0) is 15.4 Å². The van der Waals surface area contributed by atoms with Crippen LogP contribution in [0.2, 0.25) is 0 Å². The Morgan fingerprint density at radius 2 is 1.11 bits per heavy atom. The number of sulfonamides is 1. The zero-order valence-corrected chi connectivity index (χ0v) is 23.9.